The van der Waals surface area contributed by atoms with Crippen molar-refractivity contribution in [2.45, 2.75) is 11.8 Å². The van der Waals surface area contributed by atoms with Crippen LogP contribution in [0.1, 0.15) is 11.1 Å². The molecule has 1 amide bonds. The van der Waals surface area contributed by atoms with Gasteiger partial charge in [-0.25, -0.2) is 8.42 Å². The SMILES string of the molecule is Cc1ccc(S(=O)(=O)/C(=C/c2ccccc2)NC=O)cc1. The fraction of sp³-hybridized carbons (Fsp3) is 0.0625. The number of benzene rings is 2. The summed E-state index contributed by atoms with van der Waals surface area (Å²) in [5, 5.41) is 2.13. The molecular weight excluding hydrogens is 286 g/mol. The number of hydrogen-bond acceptors (Lipinski definition) is 3. The smallest absolute Gasteiger partial charge is 0.221 e. The van der Waals surface area contributed by atoms with Crippen LogP contribution in [-0.4, -0.2) is 14.8 Å². The van der Waals surface area contributed by atoms with Gasteiger partial charge in [0.15, 0.2) is 0 Å². The summed E-state index contributed by atoms with van der Waals surface area (Å²) in [4.78, 5) is 10.9. The van der Waals surface area contributed by atoms with E-state index >= 15 is 0 Å². The Bertz CT molecular complexity index is 748. The first-order valence-corrected chi connectivity index (χ1v) is 7.81. The topological polar surface area (TPSA) is 63.2 Å². The average Bonchev–Trinajstić information content (AvgIpc) is 2.48. The van der Waals surface area contributed by atoms with Crippen molar-refractivity contribution in [2.75, 3.05) is 0 Å². The fourth-order valence-corrected chi connectivity index (χ4v) is 3.04. The molecule has 0 saturated heterocycles. The van der Waals surface area contributed by atoms with Crippen LogP contribution in [0.2, 0.25) is 0 Å². The first-order valence-electron chi connectivity index (χ1n) is 6.33. The van der Waals surface area contributed by atoms with Gasteiger partial charge >= 0.3 is 0 Å². The third-order valence-electron chi connectivity index (χ3n) is 2.92. The number of nitrogens with one attached hydrogen (secondary N) is 1. The van der Waals surface area contributed by atoms with E-state index in [1.807, 2.05) is 13.0 Å². The normalized spacial score (nSPS) is 12.0. The summed E-state index contributed by atoms with van der Waals surface area (Å²) in [6, 6.07) is 15.4. The lowest BCUT2D eigenvalue weighted by Crippen LogP contribution is -2.19. The molecule has 0 fully saturated rings. The highest BCUT2D eigenvalue weighted by atomic mass is 32.2. The molecule has 0 heterocycles. The van der Waals surface area contributed by atoms with E-state index in [2.05, 4.69) is 5.32 Å². The van der Waals surface area contributed by atoms with Crippen molar-refractivity contribution in [2.24, 2.45) is 0 Å². The van der Waals surface area contributed by atoms with Crippen LogP contribution in [-0.2, 0) is 14.6 Å². The van der Waals surface area contributed by atoms with E-state index in [0.717, 1.165) is 5.56 Å². The molecular formula is C16H15NO3S. The molecule has 5 heteroatoms. The zero-order valence-electron chi connectivity index (χ0n) is 11.5. The highest BCUT2D eigenvalue weighted by molar-refractivity contribution is 7.95. The van der Waals surface area contributed by atoms with Crippen LogP contribution in [0.4, 0.5) is 0 Å². The second kappa shape index (κ2) is 6.37. The van der Waals surface area contributed by atoms with Gasteiger partial charge < -0.3 is 5.32 Å². The average molecular weight is 301 g/mol. The van der Waals surface area contributed by atoms with Gasteiger partial charge in [-0.1, -0.05) is 48.0 Å². The number of carbonyl (C=O) groups is 1. The number of hydrogen-bond donors (Lipinski definition) is 1. The maximum Gasteiger partial charge on any atom is 0.221 e. The quantitative estimate of drug-likeness (QED) is 0.863. The lowest BCUT2D eigenvalue weighted by molar-refractivity contribution is -0.108. The lowest BCUT2D eigenvalue weighted by atomic mass is 10.2. The van der Waals surface area contributed by atoms with E-state index in [9.17, 15) is 13.2 Å². The van der Waals surface area contributed by atoms with Gasteiger partial charge in [0.2, 0.25) is 16.2 Å². The first kappa shape index (κ1) is 15.0. The summed E-state index contributed by atoms with van der Waals surface area (Å²) in [5.41, 5.74) is 1.66. The maximum atomic E-state index is 12.5. The Hall–Kier alpha value is -2.40. The molecule has 4 nitrogen and oxygen atoms in total. The van der Waals surface area contributed by atoms with Gasteiger partial charge in [0, 0.05) is 0 Å². The Morgan fingerprint density at radius 2 is 1.62 bits per heavy atom. The van der Waals surface area contributed by atoms with E-state index in [1.165, 1.54) is 18.2 Å². The van der Waals surface area contributed by atoms with E-state index in [0.29, 0.717) is 12.0 Å². The van der Waals surface area contributed by atoms with Gasteiger partial charge in [-0.2, -0.15) is 0 Å². The van der Waals surface area contributed by atoms with Crippen molar-refractivity contribution >= 4 is 22.3 Å². The summed E-state index contributed by atoms with van der Waals surface area (Å²) in [6.07, 6.45) is 1.80. The van der Waals surface area contributed by atoms with E-state index < -0.39 is 9.84 Å². The van der Waals surface area contributed by atoms with Crippen molar-refractivity contribution < 1.29 is 13.2 Å². The third kappa shape index (κ3) is 3.58. The monoisotopic (exact) mass is 301 g/mol. The van der Waals surface area contributed by atoms with Crippen molar-refractivity contribution in [3.05, 3.63) is 70.8 Å². The molecule has 108 valence electrons. The van der Waals surface area contributed by atoms with Gasteiger partial charge in [-0.15, -0.1) is 0 Å². The summed E-state index contributed by atoms with van der Waals surface area (Å²) < 4.78 is 25.1. The van der Waals surface area contributed by atoms with Gasteiger partial charge in [0.05, 0.1) is 4.90 Å². The van der Waals surface area contributed by atoms with Gasteiger partial charge in [0.1, 0.15) is 5.03 Å². The molecule has 2 aromatic rings. The minimum absolute atomic E-state index is 0.143. The van der Waals surface area contributed by atoms with Crippen molar-refractivity contribution in [1.82, 2.24) is 5.32 Å². The summed E-state index contributed by atoms with van der Waals surface area (Å²) in [6.45, 7) is 1.88. The molecule has 1 N–H and O–H groups in total. The summed E-state index contributed by atoms with van der Waals surface area (Å²) in [5.74, 6) is 0. The molecule has 0 radical (unpaired) electrons. The lowest BCUT2D eigenvalue weighted by Gasteiger charge is -2.08. The molecule has 21 heavy (non-hydrogen) atoms. The van der Waals surface area contributed by atoms with Crippen LogP contribution in [0.25, 0.3) is 6.08 Å². The number of sulfone groups is 1. The highest BCUT2D eigenvalue weighted by Crippen LogP contribution is 2.20. The Labute approximate surface area is 124 Å². The Balaban J connectivity index is 2.48. The Morgan fingerprint density at radius 1 is 1.00 bits per heavy atom. The minimum atomic E-state index is -3.76. The highest BCUT2D eigenvalue weighted by Gasteiger charge is 2.20. The maximum absolute atomic E-state index is 12.5. The van der Waals surface area contributed by atoms with Crippen LogP contribution in [0.3, 0.4) is 0 Å². The van der Waals surface area contributed by atoms with Crippen LogP contribution < -0.4 is 5.32 Å². The molecule has 0 aromatic heterocycles. The summed E-state index contributed by atoms with van der Waals surface area (Å²) >= 11 is 0. The number of carbonyl (C=O) groups excluding carboxylic acids is 1. The number of rotatable bonds is 5. The molecule has 0 saturated carbocycles. The standard InChI is InChI=1S/C16H15NO3S/c1-13-7-9-15(10-8-13)21(19,20)16(17-12-18)11-14-5-3-2-4-6-14/h2-12H,1H3,(H,17,18)/b16-11+. The molecule has 0 bridgehead atoms. The Morgan fingerprint density at radius 3 is 2.19 bits per heavy atom. The van der Waals surface area contributed by atoms with E-state index in [4.69, 9.17) is 0 Å². The fourth-order valence-electron chi connectivity index (χ4n) is 1.80. The van der Waals surface area contributed by atoms with Crippen molar-refractivity contribution in [1.29, 1.82) is 0 Å². The van der Waals surface area contributed by atoms with Crippen LogP contribution in [0, 0.1) is 6.92 Å². The number of aryl methyl sites for hydroxylation is 1. The second-order valence-corrected chi connectivity index (χ2v) is 6.42. The summed E-state index contributed by atoms with van der Waals surface area (Å²) in [7, 11) is -3.76. The van der Waals surface area contributed by atoms with Crippen molar-refractivity contribution in [3.8, 4) is 0 Å². The molecule has 2 aromatic carbocycles. The van der Waals surface area contributed by atoms with Crippen LogP contribution in [0.15, 0.2) is 64.5 Å². The molecule has 0 unspecified atom stereocenters. The molecule has 0 spiro atoms. The zero-order chi connectivity index (χ0) is 15.3. The second-order valence-electron chi connectivity index (χ2n) is 4.50. The first-order chi connectivity index (χ1) is 10.0. The van der Waals surface area contributed by atoms with Gasteiger partial charge in [-0.05, 0) is 30.7 Å². The zero-order valence-corrected chi connectivity index (χ0v) is 12.3. The van der Waals surface area contributed by atoms with Gasteiger partial charge in [-0.3, -0.25) is 4.79 Å². The molecule has 0 aliphatic carbocycles. The Kier molecular flexibility index (Phi) is 4.55. The van der Waals surface area contributed by atoms with Crippen molar-refractivity contribution in [3.63, 3.8) is 0 Å². The van der Waals surface area contributed by atoms with Gasteiger partial charge in [0.25, 0.3) is 0 Å². The van der Waals surface area contributed by atoms with E-state index in [-0.39, 0.29) is 9.92 Å². The molecule has 0 aliphatic rings. The minimum Gasteiger partial charge on any atom is -0.319 e. The predicted octanol–water partition coefficient (Wildman–Crippen LogP) is 2.51. The molecule has 0 aliphatic heterocycles. The number of amides is 1. The van der Waals surface area contributed by atoms with E-state index in [1.54, 1.807) is 36.4 Å². The van der Waals surface area contributed by atoms with Crippen LogP contribution in [0.5, 0.6) is 0 Å². The predicted molar refractivity (Wildman–Crippen MR) is 82.0 cm³/mol. The molecule has 0 atom stereocenters. The largest absolute Gasteiger partial charge is 0.319 e. The third-order valence-corrected chi connectivity index (χ3v) is 4.63. The van der Waals surface area contributed by atoms with Crippen LogP contribution >= 0.6 is 0 Å². The molecule has 2 rings (SSSR count).